The fourth-order valence-corrected chi connectivity index (χ4v) is 2.13. The van der Waals surface area contributed by atoms with Gasteiger partial charge in [0.25, 0.3) is 0 Å². The summed E-state index contributed by atoms with van der Waals surface area (Å²) < 4.78 is 15.6. The first-order chi connectivity index (χ1) is 7.16. The molecule has 0 saturated heterocycles. The lowest BCUT2D eigenvalue weighted by Crippen LogP contribution is -1.96. The van der Waals surface area contributed by atoms with Gasteiger partial charge in [-0.3, -0.25) is 0 Å². The Kier molecular flexibility index (Phi) is 1.67. The van der Waals surface area contributed by atoms with Crippen LogP contribution in [0.2, 0.25) is 0 Å². The monoisotopic (exact) mass is 204 g/mol. The molecule has 0 N–H and O–H groups in total. The highest BCUT2D eigenvalue weighted by molar-refractivity contribution is 5.77. The Labute approximate surface area is 87.7 Å². The number of benzene rings is 1. The molecule has 2 aromatic rings. The van der Waals surface area contributed by atoms with E-state index in [1.165, 1.54) is 12.8 Å². The molecular weight excluding hydrogens is 191 g/mol. The molecule has 3 rings (SSSR count). The van der Waals surface area contributed by atoms with Crippen LogP contribution in [0.3, 0.4) is 0 Å². The van der Waals surface area contributed by atoms with Gasteiger partial charge in [-0.1, -0.05) is 0 Å². The van der Waals surface area contributed by atoms with E-state index in [9.17, 15) is 4.39 Å². The van der Waals surface area contributed by atoms with Gasteiger partial charge in [0.2, 0.25) is 0 Å². The van der Waals surface area contributed by atoms with Crippen molar-refractivity contribution >= 4 is 11.0 Å². The third-order valence-electron chi connectivity index (χ3n) is 3.06. The van der Waals surface area contributed by atoms with E-state index in [4.69, 9.17) is 0 Å². The Balaban J connectivity index is 2.34. The number of nitrogens with zero attached hydrogens (tertiary/aromatic N) is 2. The van der Waals surface area contributed by atoms with E-state index in [1.54, 1.807) is 13.0 Å². The minimum atomic E-state index is -0.135. The van der Waals surface area contributed by atoms with E-state index in [-0.39, 0.29) is 5.82 Å². The van der Waals surface area contributed by atoms with Crippen LogP contribution in [0.5, 0.6) is 0 Å². The van der Waals surface area contributed by atoms with Crippen molar-refractivity contribution in [1.29, 1.82) is 0 Å². The second-order valence-corrected chi connectivity index (χ2v) is 4.35. The fraction of sp³-hybridized carbons (Fsp3) is 0.417. The van der Waals surface area contributed by atoms with E-state index >= 15 is 0 Å². The zero-order valence-corrected chi connectivity index (χ0v) is 8.92. The Hall–Kier alpha value is -1.38. The minimum absolute atomic E-state index is 0.135. The molecule has 1 aromatic heterocycles. The predicted molar refractivity (Wildman–Crippen MR) is 57.4 cm³/mol. The zero-order valence-electron chi connectivity index (χ0n) is 8.92. The number of aromatic nitrogens is 2. The standard InChI is InChI=1S/C12H13FN2/c1-7-5-11-12(6-10(7)13)15(8(2)14-11)9-3-4-9/h5-6,9H,3-4H2,1-2H3. The Morgan fingerprint density at radius 3 is 2.73 bits per heavy atom. The summed E-state index contributed by atoms with van der Waals surface area (Å²) in [6.07, 6.45) is 2.39. The van der Waals surface area contributed by atoms with Crippen LogP contribution in [0.25, 0.3) is 11.0 Å². The van der Waals surface area contributed by atoms with Crippen molar-refractivity contribution in [2.24, 2.45) is 0 Å². The summed E-state index contributed by atoms with van der Waals surface area (Å²) in [7, 11) is 0. The molecule has 1 aliphatic rings. The molecule has 15 heavy (non-hydrogen) atoms. The van der Waals surface area contributed by atoms with E-state index < -0.39 is 0 Å². The van der Waals surface area contributed by atoms with Crippen LogP contribution in [-0.2, 0) is 0 Å². The molecule has 0 atom stereocenters. The number of hydrogen-bond donors (Lipinski definition) is 0. The largest absolute Gasteiger partial charge is 0.325 e. The molecule has 0 aliphatic heterocycles. The number of rotatable bonds is 1. The molecule has 1 aromatic carbocycles. The lowest BCUT2D eigenvalue weighted by Gasteiger charge is -2.04. The smallest absolute Gasteiger partial charge is 0.128 e. The number of hydrogen-bond acceptors (Lipinski definition) is 1. The van der Waals surface area contributed by atoms with Gasteiger partial charge in [-0.25, -0.2) is 9.37 Å². The van der Waals surface area contributed by atoms with E-state index in [2.05, 4.69) is 9.55 Å². The Bertz CT molecular complexity index is 538. The summed E-state index contributed by atoms with van der Waals surface area (Å²) in [6, 6.07) is 4.00. The minimum Gasteiger partial charge on any atom is -0.325 e. The highest BCUT2D eigenvalue weighted by Crippen LogP contribution is 2.38. The molecule has 1 aliphatic carbocycles. The van der Waals surface area contributed by atoms with Gasteiger partial charge in [-0.2, -0.15) is 0 Å². The summed E-state index contributed by atoms with van der Waals surface area (Å²) in [5.41, 5.74) is 2.53. The maximum absolute atomic E-state index is 13.5. The average molecular weight is 204 g/mol. The first-order valence-electron chi connectivity index (χ1n) is 5.31. The number of aryl methyl sites for hydroxylation is 2. The molecule has 0 amide bonds. The van der Waals surface area contributed by atoms with Gasteiger partial charge in [0, 0.05) is 12.1 Å². The van der Waals surface area contributed by atoms with Crippen molar-refractivity contribution in [3.63, 3.8) is 0 Å². The van der Waals surface area contributed by atoms with Crippen LogP contribution in [0.15, 0.2) is 12.1 Å². The van der Waals surface area contributed by atoms with Crippen LogP contribution in [0.4, 0.5) is 4.39 Å². The fourth-order valence-electron chi connectivity index (χ4n) is 2.13. The van der Waals surface area contributed by atoms with Gasteiger partial charge in [-0.15, -0.1) is 0 Å². The molecule has 2 nitrogen and oxygen atoms in total. The van der Waals surface area contributed by atoms with Crippen LogP contribution in [-0.4, -0.2) is 9.55 Å². The molecule has 0 spiro atoms. The van der Waals surface area contributed by atoms with Crippen molar-refractivity contribution in [2.75, 3.05) is 0 Å². The molecule has 1 saturated carbocycles. The van der Waals surface area contributed by atoms with E-state index in [1.807, 2.05) is 13.0 Å². The van der Waals surface area contributed by atoms with Gasteiger partial charge in [-0.05, 0) is 38.3 Å². The van der Waals surface area contributed by atoms with Crippen molar-refractivity contribution < 1.29 is 4.39 Å². The van der Waals surface area contributed by atoms with Gasteiger partial charge >= 0.3 is 0 Å². The lowest BCUT2D eigenvalue weighted by atomic mass is 10.2. The van der Waals surface area contributed by atoms with Crippen molar-refractivity contribution in [2.45, 2.75) is 32.7 Å². The lowest BCUT2D eigenvalue weighted by molar-refractivity contribution is 0.618. The van der Waals surface area contributed by atoms with E-state index in [0.29, 0.717) is 11.6 Å². The van der Waals surface area contributed by atoms with Gasteiger partial charge in [0.05, 0.1) is 11.0 Å². The molecule has 78 valence electrons. The predicted octanol–water partition coefficient (Wildman–Crippen LogP) is 3.13. The average Bonchev–Trinajstić information content (AvgIpc) is 2.93. The third-order valence-corrected chi connectivity index (χ3v) is 3.06. The quantitative estimate of drug-likeness (QED) is 0.697. The van der Waals surface area contributed by atoms with E-state index in [0.717, 1.165) is 16.9 Å². The Morgan fingerprint density at radius 1 is 1.33 bits per heavy atom. The summed E-state index contributed by atoms with van der Waals surface area (Å²) in [5.74, 6) is 0.863. The topological polar surface area (TPSA) is 17.8 Å². The van der Waals surface area contributed by atoms with Gasteiger partial charge < -0.3 is 4.57 Å². The highest BCUT2D eigenvalue weighted by atomic mass is 19.1. The summed E-state index contributed by atoms with van der Waals surface area (Å²) in [6.45, 7) is 3.77. The van der Waals surface area contributed by atoms with Crippen LogP contribution in [0, 0.1) is 19.7 Å². The molecular formula is C12H13FN2. The van der Waals surface area contributed by atoms with Gasteiger partial charge in [0.1, 0.15) is 11.6 Å². The first-order valence-corrected chi connectivity index (χ1v) is 5.31. The normalized spacial score (nSPS) is 16.2. The molecule has 1 heterocycles. The molecule has 0 radical (unpaired) electrons. The summed E-state index contributed by atoms with van der Waals surface area (Å²) in [4.78, 5) is 4.47. The first kappa shape index (κ1) is 8.89. The molecule has 1 fully saturated rings. The third kappa shape index (κ3) is 1.26. The summed E-state index contributed by atoms with van der Waals surface area (Å²) >= 11 is 0. The van der Waals surface area contributed by atoms with Crippen LogP contribution < -0.4 is 0 Å². The van der Waals surface area contributed by atoms with Gasteiger partial charge in [0.15, 0.2) is 0 Å². The van der Waals surface area contributed by atoms with Crippen LogP contribution in [0.1, 0.15) is 30.3 Å². The van der Waals surface area contributed by atoms with Crippen molar-refractivity contribution in [3.8, 4) is 0 Å². The maximum Gasteiger partial charge on any atom is 0.128 e. The van der Waals surface area contributed by atoms with Crippen LogP contribution >= 0.6 is 0 Å². The molecule has 3 heteroatoms. The zero-order chi connectivity index (χ0) is 10.6. The molecule has 0 unspecified atom stereocenters. The maximum atomic E-state index is 13.5. The Morgan fingerprint density at radius 2 is 2.07 bits per heavy atom. The number of halogens is 1. The van der Waals surface area contributed by atoms with Crippen molar-refractivity contribution in [3.05, 3.63) is 29.3 Å². The summed E-state index contributed by atoms with van der Waals surface area (Å²) in [5, 5.41) is 0. The van der Waals surface area contributed by atoms with Crippen molar-refractivity contribution in [1.82, 2.24) is 9.55 Å². The second-order valence-electron chi connectivity index (χ2n) is 4.35. The SMILES string of the molecule is Cc1cc2nc(C)n(C3CC3)c2cc1F. The number of imidazole rings is 1. The molecule has 0 bridgehead atoms. The number of fused-ring (bicyclic) bond motifs is 1. The highest BCUT2D eigenvalue weighted by Gasteiger charge is 2.27. The second kappa shape index (κ2) is 2.81.